The summed E-state index contributed by atoms with van der Waals surface area (Å²) in [5.74, 6) is -3.65. The van der Waals surface area contributed by atoms with Crippen molar-refractivity contribution in [2.75, 3.05) is 0 Å². The van der Waals surface area contributed by atoms with Crippen LogP contribution in [0.1, 0.15) is 10.1 Å². The largest absolute Gasteiger partial charge is 0.473 e. The van der Waals surface area contributed by atoms with E-state index in [0.717, 1.165) is 15.9 Å². The van der Waals surface area contributed by atoms with Gasteiger partial charge in [-0.15, -0.1) is 11.3 Å². The normalized spacial score (nSPS) is 11.3. The van der Waals surface area contributed by atoms with Gasteiger partial charge in [0.1, 0.15) is 0 Å². The first kappa shape index (κ1) is 20.0. The number of pyridine rings is 1. The summed E-state index contributed by atoms with van der Waals surface area (Å²) in [7, 11) is 0. The average Bonchev–Trinajstić information content (AvgIpc) is 3.27. The van der Waals surface area contributed by atoms with Gasteiger partial charge in [0.15, 0.2) is 0 Å². The van der Waals surface area contributed by atoms with Gasteiger partial charge in [-0.3, -0.25) is 0 Å². The number of thiophene rings is 1. The number of carbonyl (C=O) groups is 2. The van der Waals surface area contributed by atoms with Crippen molar-refractivity contribution in [1.82, 2.24) is 14.5 Å². The van der Waals surface area contributed by atoms with Crippen LogP contribution < -0.4 is 0 Å². The molecule has 0 aliphatic carbocycles. The molecule has 0 radical (unpaired) electrons. The molecular formula is C16H14ClN3O4S2. The number of hydrogen-bond donors (Lipinski definition) is 2. The second-order valence-electron chi connectivity index (χ2n) is 4.79. The second kappa shape index (κ2) is 9.95. The number of thioether (sulfide) groups is 1. The Kier molecular flexibility index (Phi) is 7.64. The minimum Gasteiger partial charge on any atom is -0.473 e. The molecule has 1 unspecified atom stereocenters. The SMILES string of the molecule is Clc1ccc(C(Cn2ccnc2)Sc2ccccn2)s1.O=C(O)C(=O)O. The molecule has 0 bridgehead atoms. The highest BCUT2D eigenvalue weighted by molar-refractivity contribution is 7.99. The maximum atomic E-state index is 9.10. The van der Waals surface area contributed by atoms with Crippen LogP contribution in [0.2, 0.25) is 4.34 Å². The predicted molar refractivity (Wildman–Crippen MR) is 99.7 cm³/mol. The lowest BCUT2D eigenvalue weighted by atomic mass is 10.3. The summed E-state index contributed by atoms with van der Waals surface area (Å²) in [6, 6.07) is 9.99. The van der Waals surface area contributed by atoms with Crippen molar-refractivity contribution >= 4 is 46.6 Å². The van der Waals surface area contributed by atoms with Gasteiger partial charge in [0.05, 0.1) is 20.9 Å². The van der Waals surface area contributed by atoms with E-state index < -0.39 is 11.9 Å². The van der Waals surface area contributed by atoms with Crippen molar-refractivity contribution in [3.05, 3.63) is 64.5 Å². The van der Waals surface area contributed by atoms with Crippen LogP contribution in [0, 0.1) is 0 Å². The Labute approximate surface area is 162 Å². The molecule has 1 atom stereocenters. The van der Waals surface area contributed by atoms with E-state index in [-0.39, 0.29) is 5.25 Å². The van der Waals surface area contributed by atoms with Crippen LogP contribution >= 0.6 is 34.7 Å². The fraction of sp³-hybridized carbons (Fsp3) is 0.125. The summed E-state index contributed by atoms with van der Waals surface area (Å²) in [6.07, 6.45) is 7.42. The van der Waals surface area contributed by atoms with Crippen LogP contribution in [-0.2, 0) is 16.1 Å². The van der Waals surface area contributed by atoms with Crippen molar-refractivity contribution in [3.8, 4) is 0 Å². The molecule has 136 valence electrons. The highest BCUT2D eigenvalue weighted by Gasteiger charge is 2.16. The maximum absolute atomic E-state index is 9.10. The zero-order chi connectivity index (χ0) is 18.9. The van der Waals surface area contributed by atoms with E-state index in [0.29, 0.717) is 0 Å². The third-order valence-corrected chi connectivity index (χ3v) is 5.60. The number of carboxylic acids is 2. The summed E-state index contributed by atoms with van der Waals surface area (Å²) < 4.78 is 2.89. The van der Waals surface area contributed by atoms with Crippen LogP contribution in [0.25, 0.3) is 0 Å². The van der Waals surface area contributed by atoms with Crippen LogP contribution in [0.4, 0.5) is 0 Å². The molecule has 0 saturated carbocycles. The summed E-state index contributed by atoms with van der Waals surface area (Å²) >= 11 is 9.43. The van der Waals surface area contributed by atoms with Crippen molar-refractivity contribution in [3.63, 3.8) is 0 Å². The molecule has 0 amide bonds. The van der Waals surface area contributed by atoms with Crippen LogP contribution in [0.5, 0.6) is 0 Å². The smallest absolute Gasteiger partial charge is 0.414 e. The number of aromatic nitrogens is 3. The highest BCUT2D eigenvalue weighted by atomic mass is 35.5. The molecule has 0 aromatic carbocycles. The molecule has 3 rings (SSSR count). The van der Waals surface area contributed by atoms with Crippen LogP contribution in [-0.4, -0.2) is 36.7 Å². The maximum Gasteiger partial charge on any atom is 0.414 e. The van der Waals surface area contributed by atoms with Crippen LogP contribution in [0.3, 0.4) is 0 Å². The fourth-order valence-electron chi connectivity index (χ4n) is 1.84. The van der Waals surface area contributed by atoms with Gasteiger partial charge in [-0.05, 0) is 24.3 Å². The Morgan fingerprint density at radius 3 is 2.46 bits per heavy atom. The molecule has 3 aromatic rings. The Hall–Kier alpha value is -2.36. The molecule has 3 heterocycles. The molecule has 0 saturated heterocycles. The third kappa shape index (κ3) is 6.51. The summed E-state index contributed by atoms with van der Waals surface area (Å²) in [6.45, 7) is 0.845. The van der Waals surface area contributed by atoms with Crippen molar-refractivity contribution in [1.29, 1.82) is 0 Å². The average molecular weight is 412 g/mol. The van der Waals surface area contributed by atoms with Gasteiger partial charge in [0.2, 0.25) is 0 Å². The van der Waals surface area contributed by atoms with Gasteiger partial charge in [-0.1, -0.05) is 29.4 Å². The van der Waals surface area contributed by atoms with E-state index in [2.05, 4.69) is 20.6 Å². The highest BCUT2D eigenvalue weighted by Crippen LogP contribution is 2.39. The Balaban J connectivity index is 0.000000352. The lowest BCUT2D eigenvalue weighted by molar-refractivity contribution is -0.159. The Bertz CT molecular complexity index is 828. The quantitative estimate of drug-likeness (QED) is 0.487. The van der Waals surface area contributed by atoms with Crippen molar-refractivity contribution in [2.45, 2.75) is 16.8 Å². The standard InChI is InChI=1S/C14H12ClN3S2.C2H2O4/c15-13-5-4-11(19-13)12(9-18-8-7-16-10-18)20-14-3-1-2-6-17-14;3-1(4)2(5)6/h1-8,10,12H,9H2;(H,3,4)(H,5,6). The van der Waals surface area contributed by atoms with Gasteiger partial charge < -0.3 is 14.8 Å². The molecule has 2 N–H and O–H groups in total. The number of hydrogen-bond acceptors (Lipinski definition) is 6. The molecule has 0 spiro atoms. The number of imidazole rings is 1. The van der Waals surface area contributed by atoms with E-state index in [1.54, 1.807) is 29.3 Å². The van der Waals surface area contributed by atoms with E-state index >= 15 is 0 Å². The van der Waals surface area contributed by atoms with Gasteiger partial charge in [0.25, 0.3) is 0 Å². The van der Waals surface area contributed by atoms with E-state index in [9.17, 15) is 0 Å². The van der Waals surface area contributed by atoms with Crippen molar-refractivity contribution in [2.24, 2.45) is 0 Å². The number of carboxylic acid groups (broad SMARTS) is 2. The first-order valence-corrected chi connectivity index (χ1v) is 9.28. The molecule has 0 aliphatic heterocycles. The molecule has 10 heteroatoms. The topological polar surface area (TPSA) is 105 Å². The molecule has 7 nitrogen and oxygen atoms in total. The minimum absolute atomic E-state index is 0.275. The molecule has 3 aromatic heterocycles. The lowest BCUT2D eigenvalue weighted by Gasteiger charge is -2.15. The molecular weight excluding hydrogens is 398 g/mol. The molecule has 26 heavy (non-hydrogen) atoms. The van der Waals surface area contributed by atoms with Gasteiger partial charge in [0, 0.05) is 30.0 Å². The first-order valence-electron chi connectivity index (χ1n) is 7.20. The van der Waals surface area contributed by atoms with Gasteiger partial charge in [-0.25, -0.2) is 19.6 Å². The lowest BCUT2D eigenvalue weighted by Crippen LogP contribution is -2.09. The summed E-state index contributed by atoms with van der Waals surface area (Å²) in [5.41, 5.74) is 0. The summed E-state index contributed by atoms with van der Waals surface area (Å²) in [4.78, 5) is 27.9. The number of aliphatic carboxylic acids is 2. The number of nitrogens with zero attached hydrogens (tertiary/aromatic N) is 3. The fourth-order valence-corrected chi connectivity index (χ4v) is 4.17. The third-order valence-electron chi connectivity index (χ3n) is 2.93. The zero-order valence-electron chi connectivity index (χ0n) is 13.2. The van der Waals surface area contributed by atoms with Gasteiger partial charge >= 0.3 is 11.9 Å². The predicted octanol–water partition coefficient (Wildman–Crippen LogP) is 3.68. The number of halogens is 1. The second-order valence-corrected chi connectivity index (χ2v) is 7.76. The Morgan fingerprint density at radius 2 is 1.96 bits per heavy atom. The van der Waals surface area contributed by atoms with Crippen LogP contribution in [0.15, 0.2) is 60.3 Å². The van der Waals surface area contributed by atoms with E-state index in [1.807, 2.05) is 43.0 Å². The first-order chi connectivity index (χ1) is 12.5. The molecule has 0 fully saturated rings. The number of rotatable bonds is 5. The minimum atomic E-state index is -1.82. The van der Waals surface area contributed by atoms with E-state index in [1.165, 1.54) is 4.88 Å². The summed E-state index contributed by atoms with van der Waals surface area (Å²) in [5, 5.41) is 16.1. The van der Waals surface area contributed by atoms with Gasteiger partial charge in [-0.2, -0.15) is 0 Å². The van der Waals surface area contributed by atoms with E-state index in [4.69, 9.17) is 31.4 Å². The Morgan fingerprint density at radius 1 is 1.19 bits per heavy atom. The molecule has 0 aliphatic rings. The monoisotopic (exact) mass is 411 g/mol. The zero-order valence-corrected chi connectivity index (χ0v) is 15.6. The van der Waals surface area contributed by atoms with Crippen molar-refractivity contribution < 1.29 is 19.8 Å².